The van der Waals surface area contributed by atoms with Crippen LogP contribution in [0.3, 0.4) is 0 Å². The van der Waals surface area contributed by atoms with Gasteiger partial charge in [0, 0.05) is 13.1 Å². The first-order valence-electron chi connectivity index (χ1n) is 8.42. The van der Waals surface area contributed by atoms with E-state index in [0.29, 0.717) is 0 Å². The summed E-state index contributed by atoms with van der Waals surface area (Å²) < 4.78 is 0. The molecule has 0 spiro atoms. The van der Waals surface area contributed by atoms with Crippen molar-refractivity contribution >= 4 is 8.73 Å². The minimum absolute atomic E-state index is 0.821. The molecule has 0 radical (unpaired) electrons. The van der Waals surface area contributed by atoms with Crippen LogP contribution in [0.5, 0.6) is 0 Å². The van der Waals surface area contributed by atoms with Crippen LogP contribution in [0, 0.1) is 11.8 Å². The minimum Gasteiger partial charge on any atom is -0.299 e. The summed E-state index contributed by atoms with van der Waals surface area (Å²) in [5.41, 5.74) is 2.85. The van der Waals surface area contributed by atoms with Crippen LogP contribution in [0.4, 0.5) is 0 Å². The number of hydrogen-bond acceptors (Lipinski definition) is 2. The second-order valence-corrected chi connectivity index (χ2v) is 7.27. The Balaban J connectivity index is 1.78. The first-order chi connectivity index (χ1) is 10.2. The molecule has 1 N–H and O–H groups in total. The largest absolute Gasteiger partial charge is 0.299 e. The normalized spacial score (nSPS) is 19.4. The molecule has 1 aliphatic rings. The maximum atomic E-state index is 3.40. The zero-order valence-electron chi connectivity index (χ0n) is 13.9. The molecule has 2 unspecified atom stereocenters. The summed E-state index contributed by atoms with van der Waals surface area (Å²) in [6.07, 6.45) is 4.10. The predicted molar refractivity (Wildman–Crippen MR) is 95.0 cm³/mol. The van der Waals surface area contributed by atoms with E-state index in [2.05, 4.69) is 54.8 Å². The summed E-state index contributed by atoms with van der Waals surface area (Å²) in [6.45, 7) is 11.6. The van der Waals surface area contributed by atoms with Gasteiger partial charge in [-0.15, -0.1) is 0 Å². The average molecular weight is 306 g/mol. The molecular formula is C18H31N2P. The van der Waals surface area contributed by atoms with Gasteiger partial charge in [0.1, 0.15) is 0 Å². The van der Waals surface area contributed by atoms with Crippen molar-refractivity contribution in [1.82, 2.24) is 9.99 Å². The van der Waals surface area contributed by atoms with Gasteiger partial charge in [-0.05, 0) is 55.6 Å². The Morgan fingerprint density at radius 3 is 2.38 bits per heavy atom. The van der Waals surface area contributed by atoms with Crippen LogP contribution < -0.4 is 5.09 Å². The van der Waals surface area contributed by atoms with Gasteiger partial charge in [-0.25, -0.2) is 0 Å². The summed E-state index contributed by atoms with van der Waals surface area (Å²) in [5.74, 6) is 1.85. The molecule has 118 valence electrons. The predicted octanol–water partition coefficient (Wildman–Crippen LogP) is 4.26. The van der Waals surface area contributed by atoms with Crippen molar-refractivity contribution < 1.29 is 0 Å². The molecule has 0 amide bonds. The lowest BCUT2D eigenvalue weighted by Gasteiger charge is -2.34. The van der Waals surface area contributed by atoms with Crippen molar-refractivity contribution in [3.63, 3.8) is 0 Å². The fraction of sp³-hybridized carbons (Fsp3) is 0.667. The quantitative estimate of drug-likeness (QED) is 0.757. The molecule has 2 rings (SSSR count). The molecule has 1 heterocycles. The Kier molecular flexibility index (Phi) is 7.16. The highest BCUT2D eigenvalue weighted by molar-refractivity contribution is 7.34. The van der Waals surface area contributed by atoms with Crippen molar-refractivity contribution in [3.05, 3.63) is 35.4 Å². The van der Waals surface area contributed by atoms with E-state index in [4.69, 9.17) is 0 Å². The van der Waals surface area contributed by atoms with Gasteiger partial charge in [-0.3, -0.25) is 9.99 Å². The molecule has 1 saturated heterocycles. The fourth-order valence-electron chi connectivity index (χ4n) is 3.22. The first-order valence-corrected chi connectivity index (χ1v) is 9.92. The molecule has 1 aromatic rings. The van der Waals surface area contributed by atoms with Crippen molar-refractivity contribution in [2.45, 2.75) is 46.2 Å². The molecule has 3 heteroatoms. The summed E-state index contributed by atoms with van der Waals surface area (Å²) in [7, 11) is 0.821. The van der Waals surface area contributed by atoms with E-state index in [1.54, 1.807) is 0 Å². The van der Waals surface area contributed by atoms with Gasteiger partial charge >= 0.3 is 0 Å². The SMILES string of the molecule is CCC(C)C1CCN(Cc2ccc(CNPC)cc2)CC1. The van der Waals surface area contributed by atoms with E-state index in [1.165, 1.54) is 43.5 Å². The number of nitrogens with zero attached hydrogens (tertiary/aromatic N) is 1. The number of benzene rings is 1. The Hall–Kier alpha value is -0.430. The number of hydrogen-bond donors (Lipinski definition) is 1. The topological polar surface area (TPSA) is 15.3 Å². The average Bonchev–Trinajstić information content (AvgIpc) is 2.54. The van der Waals surface area contributed by atoms with E-state index < -0.39 is 0 Å². The third kappa shape index (κ3) is 5.36. The molecule has 0 bridgehead atoms. The highest BCUT2D eigenvalue weighted by Crippen LogP contribution is 2.27. The number of nitrogens with one attached hydrogen (secondary N) is 1. The third-order valence-corrected chi connectivity index (χ3v) is 5.51. The molecular weight excluding hydrogens is 275 g/mol. The van der Waals surface area contributed by atoms with Crippen LogP contribution in [-0.4, -0.2) is 24.7 Å². The van der Waals surface area contributed by atoms with Gasteiger partial charge in [-0.2, -0.15) is 0 Å². The monoisotopic (exact) mass is 306 g/mol. The zero-order chi connectivity index (χ0) is 15.1. The molecule has 1 aromatic carbocycles. The Bertz CT molecular complexity index is 396. The zero-order valence-corrected chi connectivity index (χ0v) is 14.9. The second kappa shape index (κ2) is 8.88. The minimum atomic E-state index is 0.821. The standard InChI is InChI=1S/C18H31N2P/c1-4-15(2)18-9-11-20(12-10-18)14-17-7-5-16(6-8-17)13-19-21-3/h5-8,15,18-19,21H,4,9-14H2,1-3H3. The van der Waals surface area contributed by atoms with Crippen molar-refractivity contribution in [2.75, 3.05) is 19.8 Å². The Labute approximate surface area is 132 Å². The van der Waals surface area contributed by atoms with Crippen LogP contribution in [0.2, 0.25) is 0 Å². The number of rotatable bonds is 7. The first kappa shape index (κ1) is 16.9. The summed E-state index contributed by atoms with van der Waals surface area (Å²) in [5, 5.41) is 3.40. The van der Waals surface area contributed by atoms with Gasteiger partial charge in [0.15, 0.2) is 0 Å². The summed E-state index contributed by atoms with van der Waals surface area (Å²) in [4.78, 5) is 2.62. The maximum absolute atomic E-state index is 3.40. The molecule has 2 nitrogen and oxygen atoms in total. The summed E-state index contributed by atoms with van der Waals surface area (Å²) in [6, 6.07) is 9.15. The highest BCUT2D eigenvalue weighted by Gasteiger charge is 2.22. The smallest absolute Gasteiger partial charge is 0.0239 e. The van der Waals surface area contributed by atoms with E-state index in [0.717, 1.165) is 33.7 Å². The Morgan fingerprint density at radius 1 is 1.19 bits per heavy atom. The lowest BCUT2D eigenvalue weighted by molar-refractivity contribution is 0.145. The van der Waals surface area contributed by atoms with Crippen LogP contribution in [0.1, 0.15) is 44.2 Å². The Morgan fingerprint density at radius 2 is 1.81 bits per heavy atom. The van der Waals surface area contributed by atoms with Crippen molar-refractivity contribution in [2.24, 2.45) is 11.8 Å². The number of piperidine rings is 1. The molecule has 0 saturated carbocycles. The van der Waals surface area contributed by atoms with Crippen molar-refractivity contribution in [3.8, 4) is 0 Å². The van der Waals surface area contributed by atoms with E-state index in [9.17, 15) is 0 Å². The number of likely N-dealkylation sites (tertiary alicyclic amines) is 1. The van der Waals surface area contributed by atoms with Crippen molar-refractivity contribution in [1.29, 1.82) is 0 Å². The van der Waals surface area contributed by atoms with E-state index in [-0.39, 0.29) is 0 Å². The van der Waals surface area contributed by atoms with Crippen LogP contribution in [0.15, 0.2) is 24.3 Å². The molecule has 1 aliphatic heterocycles. The molecule has 1 fully saturated rings. The highest BCUT2D eigenvalue weighted by atomic mass is 31.1. The van der Waals surface area contributed by atoms with Crippen LogP contribution >= 0.6 is 8.73 Å². The van der Waals surface area contributed by atoms with Gasteiger partial charge in [0.25, 0.3) is 0 Å². The van der Waals surface area contributed by atoms with Gasteiger partial charge < -0.3 is 0 Å². The molecule has 0 aliphatic carbocycles. The lowest BCUT2D eigenvalue weighted by atomic mass is 9.84. The fourth-order valence-corrected chi connectivity index (χ4v) is 3.61. The second-order valence-electron chi connectivity index (χ2n) is 6.42. The molecule has 0 aromatic heterocycles. The van der Waals surface area contributed by atoms with Crippen LogP contribution in [0.25, 0.3) is 0 Å². The van der Waals surface area contributed by atoms with E-state index in [1.807, 2.05) is 0 Å². The van der Waals surface area contributed by atoms with Crippen LogP contribution in [-0.2, 0) is 13.1 Å². The maximum Gasteiger partial charge on any atom is 0.0239 e. The molecule has 2 atom stereocenters. The lowest BCUT2D eigenvalue weighted by Crippen LogP contribution is -2.35. The third-order valence-electron chi connectivity index (χ3n) is 4.98. The molecule has 21 heavy (non-hydrogen) atoms. The summed E-state index contributed by atoms with van der Waals surface area (Å²) >= 11 is 0. The van der Waals surface area contributed by atoms with Gasteiger partial charge in [0.2, 0.25) is 0 Å². The van der Waals surface area contributed by atoms with E-state index >= 15 is 0 Å². The van der Waals surface area contributed by atoms with Gasteiger partial charge in [-0.1, -0.05) is 53.3 Å². The van der Waals surface area contributed by atoms with Gasteiger partial charge in [0.05, 0.1) is 0 Å².